The van der Waals surface area contributed by atoms with Crippen LogP contribution in [0.4, 0.5) is 0 Å². The lowest BCUT2D eigenvalue weighted by atomic mass is 10.1. The van der Waals surface area contributed by atoms with Crippen LogP contribution in [0.25, 0.3) is 6.08 Å². The summed E-state index contributed by atoms with van der Waals surface area (Å²) in [6.07, 6.45) is 7.77. The molecule has 0 spiro atoms. The van der Waals surface area contributed by atoms with Crippen LogP contribution in [-0.2, 0) is 13.1 Å². The van der Waals surface area contributed by atoms with Crippen LogP contribution in [0.2, 0.25) is 0 Å². The highest BCUT2D eigenvalue weighted by molar-refractivity contribution is 5.49. The molecule has 0 aliphatic heterocycles. The average Bonchev–Trinajstić information content (AvgIpc) is 2.58. The van der Waals surface area contributed by atoms with E-state index >= 15 is 0 Å². The lowest BCUT2D eigenvalue weighted by Gasteiger charge is -2.23. The van der Waals surface area contributed by atoms with Crippen molar-refractivity contribution in [1.29, 1.82) is 0 Å². The average molecular weight is 324 g/mol. The summed E-state index contributed by atoms with van der Waals surface area (Å²) >= 11 is 0. The highest BCUT2D eigenvalue weighted by atomic mass is 15.1. The van der Waals surface area contributed by atoms with E-state index in [2.05, 4.69) is 47.4 Å². The zero-order chi connectivity index (χ0) is 17.4. The molecule has 0 aliphatic rings. The maximum atomic E-state index is 5.65. The smallest absolute Gasteiger partial charge is 0.0616 e. The van der Waals surface area contributed by atoms with Gasteiger partial charge in [-0.2, -0.15) is 0 Å². The molecule has 2 heterocycles. The fourth-order valence-electron chi connectivity index (χ4n) is 2.79. The molecule has 24 heavy (non-hydrogen) atoms. The quantitative estimate of drug-likeness (QED) is 0.718. The number of aryl methyl sites for hydroxylation is 2. The van der Waals surface area contributed by atoms with E-state index in [4.69, 9.17) is 5.73 Å². The minimum absolute atomic E-state index is 0.733. The second kappa shape index (κ2) is 9.30. The summed E-state index contributed by atoms with van der Waals surface area (Å²) in [5, 5.41) is 0. The van der Waals surface area contributed by atoms with Crippen molar-refractivity contribution in [2.75, 3.05) is 13.1 Å². The van der Waals surface area contributed by atoms with Crippen molar-refractivity contribution in [1.82, 2.24) is 14.9 Å². The number of hydrogen-bond acceptors (Lipinski definition) is 4. The molecule has 0 aromatic carbocycles. The van der Waals surface area contributed by atoms with Crippen molar-refractivity contribution < 1.29 is 0 Å². The molecule has 128 valence electrons. The molecule has 0 fully saturated rings. The van der Waals surface area contributed by atoms with Crippen molar-refractivity contribution in [3.8, 4) is 0 Å². The van der Waals surface area contributed by atoms with Gasteiger partial charge in [-0.1, -0.05) is 24.8 Å². The summed E-state index contributed by atoms with van der Waals surface area (Å²) in [5.41, 5.74) is 11.4. The van der Waals surface area contributed by atoms with E-state index in [1.165, 1.54) is 11.1 Å². The van der Waals surface area contributed by atoms with Crippen LogP contribution in [-0.4, -0.2) is 28.0 Å². The van der Waals surface area contributed by atoms with Crippen LogP contribution in [0.1, 0.15) is 40.9 Å². The Bertz CT molecular complexity index is 666. The van der Waals surface area contributed by atoms with Crippen LogP contribution in [0.3, 0.4) is 0 Å². The third kappa shape index (κ3) is 5.25. The number of unbranched alkanes of at least 4 members (excludes halogenated alkanes) is 1. The molecule has 0 atom stereocenters. The lowest BCUT2D eigenvalue weighted by Crippen LogP contribution is -2.26. The number of pyridine rings is 2. The van der Waals surface area contributed by atoms with Gasteiger partial charge in [0, 0.05) is 25.5 Å². The van der Waals surface area contributed by atoms with Gasteiger partial charge in [-0.15, -0.1) is 0 Å². The fraction of sp³-hybridized carbons (Fsp3) is 0.400. The van der Waals surface area contributed by atoms with E-state index < -0.39 is 0 Å². The summed E-state index contributed by atoms with van der Waals surface area (Å²) in [6, 6.07) is 6.20. The number of hydrogen-bond donors (Lipinski definition) is 1. The Morgan fingerprint density at radius 1 is 1.17 bits per heavy atom. The van der Waals surface area contributed by atoms with Gasteiger partial charge in [0.2, 0.25) is 0 Å². The van der Waals surface area contributed by atoms with Crippen molar-refractivity contribution in [3.05, 3.63) is 65.2 Å². The van der Waals surface area contributed by atoms with Gasteiger partial charge in [0.05, 0.1) is 11.4 Å². The van der Waals surface area contributed by atoms with Gasteiger partial charge in [-0.3, -0.25) is 14.9 Å². The molecule has 0 aliphatic carbocycles. The van der Waals surface area contributed by atoms with Crippen LogP contribution >= 0.6 is 0 Å². The molecule has 2 aromatic rings. The largest absolute Gasteiger partial charge is 0.330 e. The standard InChI is InChI=1S/C20H28N4/c1-4-18-8-7-10-22-20(18)15-24(11-6-5-9-21)14-19-17(3)12-16(2)13-23-19/h4,7-8,10,12-13H,1,5-6,9,11,14-15,21H2,2-3H3. The van der Waals surface area contributed by atoms with Crippen LogP contribution in [0.15, 0.2) is 37.2 Å². The predicted molar refractivity (Wildman–Crippen MR) is 100 cm³/mol. The molecule has 2 N–H and O–H groups in total. The molecule has 2 aromatic heterocycles. The Morgan fingerprint density at radius 2 is 1.96 bits per heavy atom. The summed E-state index contributed by atoms with van der Waals surface area (Å²) in [6.45, 7) is 11.4. The molecule has 0 radical (unpaired) electrons. The number of nitrogens with two attached hydrogens (primary N) is 1. The zero-order valence-electron chi connectivity index (χ0n) is 14.8. The normalized spacial score (nSPS) is 11.0. The molecule has 0 saturated carbocycles. The van der Waals surface area contributed by atoms with Gasteiger partial charge in [-0.05, 0) is 62.5 Å². The maximum Gasteiger partial charge on any atom is 0.0616 e. The SMILES string of the molecule is C=Cc1cccnc1CN(CCCCN)Cc1ncc(C)cc1C. The third-order valence-electron chi connectivity index (χ3n) is 4.14. The Hall–Kier alpha value is -2.04. The first-order valence-electron chi connectivity index (χ1n) is 8.55. The maximum absolute atomic E-state index is 5.65. The van der Waals surface area contributed by atoms with Gasteiger partial charge in [0.15, 0.2) is 0 Å². The van der Waals surface area contributed by atoms with Gasteiger partial charge < -0.3 is 5.73 Å². The van der Waals surface area contributed by atoms with E-state index in [-0.39, 0.29) is 0 Å². The number of aromatic nitrogens is 2. The van der Waals surface area contributed by atoms with Crippen molar-refractivity contribution in [2.45, 2.75) is 39.8 Å². The molecule has 4 heteroatoms. The molecule has 0 unspecified atom stereocenters. The van der Waals surface area contributed by atoms with Crippen molar-refractivity contribution in [3.63, 3.8) is 0 Å². The molecule has 4 nitrogen and oxygen atoms in total. The molecular weight excluding hydrogens is 296 g/mol. The first kappa shape index (κ1) is 18.3. The highest BCUT2D eigenvalue weighted by Gasteiger charge is 2.12. The third-order valence-corrected chi connectivity index (χ3v) is 4.14. The second-order valence-corrected chi connectivity index (χ2v) is 6.23. The first-order valence-corrected chi connectivity index (χ1v) is 8.55. The summed E-state index contributed by atoms with van der Waals surface area (Å²) in [5.74, 6) is 0. The highest BCUT2D eigenvalue weighted by Crippen LogP contribution is 2.15. The molecular formula is C20H28N4. The van der Waals surface area contributed by atoms with Gasteiger partial charge in [0.1, 0.15) is 0 Å². The molecule has 2 rings (SSSR count). The molecule has 0 saturated heterocycles. The van der Waals surface area contributed by atoms with Crippen molar-refractivity contribution in [2.24, 2.45) is 5.73 Å². The zero-order valence-corrected chi connectivity index (χ0v) is 14.8. The van der Waals surface area contributed by atoms with E-state index in [0.29, 0.717) is 0 Å². The summed E-state index contributed by atoms with van der Waals surface area (Å²) < 4.78 is 0. The predicted octanol–water partition coefficient (Wildman–Crippen LogP) is 3.48. The Kier molecular flexibility index (Phi) is 7.09. The molecule has 0 amide bonds. The van der Waals surface area contributed by atoms with Crippen LogP contribution < -0.4 is 5.73 Å². The minimum Gasteiger partial charge on any atom is -0.330 e. The Morgan fingerprint density at radius 3 is 2.67 bits per heavy atom. The Balaban J connectivity index is 2.15. The van der Waals surface area contributed by atoms with E-state index in [0.717, 1.165) is 56.0 Å². The van der Waals surface area contributed by atoms with Crippen LogP contribution in [0.5, 0.6) is 0 Å². The monoisotopic (exact) mass is 324 g/mol. The van der Waals surface area contributed by atoms with E-state index in [1.54, 1.807) is 0 Å². The van der Waals surface area contributed by atoms with Crippen molar-refractivity contribution >= 4 is 6.08 Å². The molecule has 0 bridgehead atoms. The van der Waals surface area contributed by atoms with E-state index in [1.807, 2.05) is 24.5 Å². The van der Waals surface area contributed by atoms with Crippen LogP contribution in [0, 0.1) is 13.8 Å². The fourth-order valence-corrected chi connectivity index (χ4v) is 2.79. The number of rotatable bonds is 9. The Labute approximate surface area is 145 Å². The topological polar surface area (TPSA) is 55.0 Å². The van der Waals surface area contributed by atoms with Gasteiger partial charge in [0.25, 0.3) is 0 Å². The summed E-state index contributed by atoms with van der Waals surface area (Å²) in [7, 11) is 0. The first-order chi connectivity index (χ1) is 11.6. The minimum atomic E-state index is 0.733. The van der Waals surface area contributed by atoms with Gasteiger partial charge in [-0.25, -0.2) is 0 Å². The second-order valence-electron chi connectivity index (χ2n) is 6.23. The summed E-state index contributed by atoms with van der Waals surface area (Å²) in [4.78, 5) is 11.6. The van der Waals surface area contributed by atoms with Gasteiger partial charge >= 0.3 is 0 Å². The number of nitrogens with zero attached hydrogens (tertiary/aromatic N) is 3. The lowest BCUT2D eigenvalue weighted by molar-refractivity contribution is 0.245. The van der Waals surface area contributed by atoms with E-state index in [9.17, 15) is 0 Å².